The number of carboxylic acids is 1. The maximum absolute atomic E-state index is 12.1. The van der Waals surface area contributed by atoms with Crippen LogP contribution in [0.3, 0.4) is 0 Å². The molecule has 1 rings (SSSR count). The molecule has 2 atom stereocenters. The molecule has 7 heteroatoms. The second-order valence-electron chi connectivity index (χ2n) is 6.19. The Morgan fingerprint density at radius 2 is 1.95 bits per heavy atom. The van der Waals surface area contributed by atoms with Crippen LogP contribution in [0.1, 0.15) is 46.0 Å². The molecular weight excluding hydrogens is 294 g/mol. The lowest BCUT2D eigenvalue weighted by Crippen LogP contribution is -2.44. The molecule has 21 heavy (non-hydrogen) atoms. The third-order valence-electron chi connectivity index (χ3n) is 3.70. The van der Waals surface area contributed by atoms with Crippen LogP contribution in [-0.2, 0) is 19.4 Å². The first-order valence-corrected chi connectivity index (χ1v) is 9.15. The van der Waals surface area contributed by atoms with Crippen molar-refractivity contribution in [3.8, 4) is 0 Å². The number of rotatable bonds is 7. The molecule has 0 bridgehead atoms. The molecule has 0 radical (unpaired) electrons. The molecule has 1 aliphatic rings. The summed E-state index contributed by atoms with van der Waals surface area (Å²) in [6.07, 6.45) is 2.38. The maximum Gasteiger partial charge on any atom is 0.303 e. The Hall–Kier alpha value is -1.11. The summed E-state index contributed by atoms with van der Waals surface area (Å²) in [5.74, 6) is -1.16. The van der Waals surface area contributed by atoms with Gasteiger partial charge in [-0.2, -0.15) is 0 Å². The third kappa shape index (κ3) is 6.03. The minimum atomic E-state index is -3.35. The predicted molar refractivity (Wildman–Crippen MR) is 79.6 cm³/mol. The van der Waals surface area contributed by atoms with Crippen molar-refractivity contribution in [1.29, 1.82) is 0 Å². The summed E-state index contributed by atoms with van der Waals surface area (Å²) in [6.45, 7) is 4.19. The van der Waals surface area contributed by atoms with Crippen LogP contribution in [0.5, 0.6) is 0 Å². The van der Waals surface area contributed by atoms with E-state index in [0.29, 0.717) is 25.2 Å². The first kappa shape index (κ1) is 17.9. The van der Waals surface area contributed by atoms with Crippen LogP contribution in [0.4, 0.5) is 0 Å². The Labute approximate surface area is 126 Å². The van der Waals surface area contributed by atoms with Crippen molar-refractivity contribution in [2.75, 3.05) is 12.3 Å². The minimum absolute atomic E-state index is 0.0180. The quantitative estimate of drug-likeness (QED) is 0.734. The van der Waals surface area contributed by atoms with E-state index in [1.54, 1.807) is 0 Å². The summed E-state index contributed by atoms with van der Waals surface area (Å²) < 4.78 is 23.7. The van der Waals surface area contributed by atoms with Gasteiger partial charge in [0.1, 0.15) is 5.25 Å². The number of carboxylic acid groups (broad SMARTS) is 1. The van der Waals surface area contributed by atoms with E-state index in [-0.39, 0.29) is 24.6 Å². The van der Waals surface area contributed by atoms with E-state index in [0.717, 1.165) is 6.42 Å². The lowest BCUT2D eigenvalue weighted by molar-refractivity contribution is -0.138. The molecule has 122 valence electrons. The van der Waals surface area contributed by atoms with Crippen molar-refractivity contribution in [2.24, 2.45) is 11.8 Å². The Balaban J connectivity index is 2.57. The highest BCUT2D eigenvalue weighted by Gasteiger charge is 2.34. The monoisotopic (exact) mass is 319 g/mol. The van der Waals surface area contributed by atoms with Gasteiger partial charge in [0.25, 0.3) is 0 Å². The van der Waals surface area contributed by atoms with Crippen molar-refractivity contribution < 1.29 is 23.1 Å². The maximum atomic E-state index is 12.1. The number of nitrogens with one attached hydrogen (secondary N) is 1. The molecule has 1 amide bonds. The summed E-state index contributed by atoms with van der Waals surface area (Å²) in [4.78, 5) is 22.9. The number of hydrogen-bond donors (Lipinski definition) is 2. The number of aliphatic carboxylic acids is 1. The minimum Gasteiger partial charge on any atom is -0.481 e. The molecule has 2 N–H and O–H groups in total. The van der Waals surface area contributed by atoms with Gasteiger partial charge in [0, 0.05) is 13.0 Å². The molecule has 0 aromatic carbocycles. The second kappa shape index (κ2) is 7.77. The smallest absolute Gasteiger partial charge is 0.303 e. The molecule has 0 saturated carbocycles. The number of carbonyl (C=O) groups is 2. The van der Waals surface area contributed by atoms with Gasteiger partial charge in [0.15, 0.2) is 9.84 Å². The molecule has 1 aliphatic heterocycles. The van der Waals surface area contributed by atoms with Crippen LogP contribution >= 0.6 is 0 Å². The van der Waals surface area contributed by atoms with E-state index in [4.69, 9.17) is 5.11 Å². The van der Waals surface area contributed by atoms with Gasteiger partial charge in [0.05, 0.1) is 5.75 Å². The average molecular weight is 319 g/mol. The summed E-state index contributed by atoms with van der Waals surface area (Å²) in [7, 11) is -3.35. The van der Waals surface area contributed by atoms with E-state index in [2.05, 4.69) is 5.32 Å². The molecule has 0 aliphatic carbocycles. The van der Waals surface area contributed by atoms with Crippen molar-refractivity contribution >= 4 is 21.7 Å². The van der Waals surface area contributed by atoms with Gasteiger partial charge in [-0.05, 0) is 31.1 Å². The Kier molecular flexibility index (Phi) is 6.64. The van der Waals surface area contributed by atoms with Gasteiger partial charge >= 0.3 is 5.97 Å². The van der Waals surface area contributed by atoms with Crippen LogP contribution < -0.4 is 5.32 Å². The zero-order chi connectivity index (χ0) is 16.0. The molecule has 1 saturated heterocycles. The Morgan fingerprint density at radius 1 is 1.29 bits per heavy atom. The standard InChI is InChI=1S/C14H25NO5S/c1-10(2)7-11(8-13(16)17)9-15-14(18)12-5-3-4-6-21(12,19)20/h10-12H,3-9H2,1-2H3,(H,15,18)(H,16,17)/t11-,12?/m0/s1. The highest BCUT2D eigenvalue weighted by Crippen LogP contribution is 2.20. The first-order valence-electron chi connectivity index (χ1n) is 7.43. The van der Waals surface area contributed by atoms with Crippen LogP contribution in [-0.4, -0.2) is 42.9 Å². The first-order chi connectivity index (χ1) is 9.72. The second-order valence-corrected chi connectivity index (χ2v) is 8.49. The molecule has 1 fully saturated rings. The van der Waals surface area contributed by atoms with E-state index in [1.807, 2.05) is 13.8 Å². The van der Waals surface area contributed by atoms with Gasteiger partial charge in [-0.15, -0.1) is 0 Å². The molecular formula is C14H25NO5S. The topological polar surface area (TPSA) is 101 Å². The largest absolute Gasteiger partial charge is 0.481 e. The molecule has 0 aromatic rings. The number of sulfone groups is 1. The van der Waals surface area contributed by atoms with Crippen LogP contribution in [0.25, 0.3) is 0 Å². The van der Waals surface area contributed by atoms with Crippen LogP contribution in [0.2, 0.25) is 0 Å². The van der Waals surface area contributed by atoms with Gasteiger partial charge in [0.2, 0.25) is 5.91 Å². The molecule has 6 nitrogen and oxygen atoms in total. The number of carbonyl (C=O) groups excluding carboxylic acids is 1. The summed E-state index contributed by atoms with van der Waals surface area (Å²) in [5.41, 5.74) is 0. The summed E-state index contributed by atoms with van der Waals surface area (Å²) in [6, 6.07) is 0. The van der Waals surface area contributed by atoms with Crippen molar-refractivity contribution in [1.82, 2.24) is 5.32 Å². The fourth-order valence-electron chi connectivity index (χ4n) is 2.76. The predicted octanol–water partition coefficient (Wildman–Crippen LogP) is 1.21. The van der Waals surface area contributed by atoms with Crippen molar-refractivity contribution in [3.63, 3.8) is 0 Å². The Bertz CT molecular complexity index is 472. The lowest BCUT2D eigenvalue weighted by atomic mass is 9.94. The van der Waals surface area contributed by atoms with E-state index >= 15 is 0 Å². The fraction of sp³-hybridized carbons (Fsp3) is 0.857. The molecule has 0 spiro atoms. The molecule has 1 unspecified atom stereocenters. The summed E-state index contributed by atoms with van der Waals surface area (Å²) in [5, 5.41) is 10.6. The van der Waals surface area contributed by atoms with Gasteiger partial charge < -0.3 is 10.4 Å². The van der Waals surface area contributed by atoms with Gasteiger partial charge in [-0.25, -0.2) is 8.42 Å². The fourth-order valence-corrected chi connectivity index (χ4v) is 4.59. The van der Waals surface area contributed by atoms with Gasteiger partial charge in [-0.1, -0.05) is 20.3 Å². The van der Waals surface area contributed by atoms with Crippen molar-refractivity contribution in [3.05, 3.63) is 0 Å². The number of hydrogen-bond acceptors (Lipinski definition) is 4. The van der Waals surface area contributed by atoms with E-state index in [1.165, 1.54) is 0 Å². The van der Waals surface area contributed by atoms with Crippen molar-refractivity contribution in [2.45, 2.75) is 51.2 Å². The highest BCUT2D eigenvalue weighted by molar-refractivity contribution is 7.92. The van der Waals surface area contributed by atoms with Crippen LogP contribution in [0, 0.1) is 11.8 Å². The normalized spacial score (nSPS) is 22.7. The van der Waals surface area contributed by atoms with E-state index in [9.17, 15) is 18.0 Å². The summed E-state index contributed by atoms with van der Waals surface area (Å²) >= 11 is 0. The van der Waals surface area contributed by atoms with E-state index < -0.39 is 27.0 Å². The average Bonchev–Trinajstić information content (AvgIpc) is 2.33. The third-order valence-corrected chi connectivity index (χ3v) is 5.88. The molecule has 1 heterocycles. The highest BCUT2D eigenvalue weighted by atomic mass is 32.2. The zero-order valence-corrected chi connectivity index (χ0v) is 13.5. The lowest BCUT2D eigenvalue weighted by Gasteiger charge is -2.23. The Morgan fingerprint density at radius 3 is 2.48 bits per heavy atom. The molecule has 0 aromatic heterocycles. The van der Waals surface area contributed by atoms with Crippen LogP contribution in [0.15, 0.2) is 0 Å². The zero-order valence-electron chi connectivity index (χ0n) is 12.7. The number of amides is 1. The van der Waals surface area contributed by atoms with Gasteiger partial charge in [-0.3, -0.25) is 9.59 Å². The SMILES string of the molecule is CC(C)C[C@H](CNC(=O)C1CCCCS1(=O)=O)CC(=O)O.